The van der Waals surface area contributed by atoms with Crippen LogP contribution in [0.5, 0.6) is 23.0 Å². The van der Waals surface area contributed by atoms with E-state index in [-0.39, 0.29) is 39.5 Å². The summed E-state index contributed by atoms with van der Waals surface area (Å²) in [5.41, 5.74) is -0.712. The number of phenols is 2. The summed E-state index contributed by atoms with van der Waals surface area (Å²) in [7, 11) is 1.55. The lowest BCUT2D eigenvalue weighted by atomic mass is 9.70. The maximum absolute atomic E-state index is 13.7. The predicted octanol–water partition coefficient (Wildman–Crippen LogP) is 3.69. The van der Waals surface area contributed by atoms with Crippen molar-refractivity contribution in [3.8, 4) is 23.0 Å². The van der Waals surface area contributed by atoms with Gasteiger partial charge in [0.2, 0.25) is 0 Å². The average Bonchev–Trinajstić information content (AvgIpc) is 3.05. The van der Waals surface area contributed by atoms with Gasteiger partial charge in [0, 0.05) is 23.0 Å². The van der Waals surface area contributed by atoms with E-state index in [0.717, 1.165) is 0 Å². The third-order valence-corrected chi connectivity index (χ3v) is 6.18. The Kier molecular flexibility index (Phi) is 5.04. The van der Waals surface area contributed by atoms with Crippen molar-refractivity contribution in [2.24, 2.45) is 0 Å². The fourth-order valence-electron chi connectivity index (χ4n) is 4.32. The molecular formula is C25H23NO7. The first-order valence-electron chi connectivity index (χ1n) is 10.2. The average molecular weight is 449 g/mol. The highest BCUT2D eigenvalue weighted by Gasteiger charge is 2.56. The van der Waals surface area contributed by atoms with Crippen molar-refractivity contribution in [3.05, 3.63) is 64.1 Å². The van der Waals surface area contributed by atoms with Crippen LogP contribution in [0.1, 0.15) is 42.3 Å². The van der Waals surface area contributed by atoms with Crippen LogP contribution in [0.4, 0.5) is 5.69 Å². The van der Waals surface area contributed by atoms with Crippen LogP contribution in [0, 0.1) is 6.92 Å². The van der Waals surface area contributed by atoms with Crippen molar-refractivity contribution in [3.63, 3.8) is 0 Å². The quantitative estimate of drug-likeness (QED) is 0.367. The number of benzene rings is 2. The topological polar surface area (TPSA) is 122 Å². The monoisotopic (exact) mass is 449 g/mol. The van der Waals surface area contributed by atoms with Gasteiger partial charge in [0.25, 0.3) is 0 Å². The maximum Gasteiger partial charge on any atom is 0.194 e. The molecule has 2 aromatic rings. The van der Waals surface area contributed by atoms with Crippen LogP contribution in [-0.4, -0.2) is 34.7 Å². The van der Waals surface area contributed by atoms with Gasteiger partial charge in [-0.2, -0.15) is 0 Å². The van der Waals surface area contributed by atoms with E-state index in [1.54, 1.807) is 38.3 Å². The van der Waals surface area contributed by atoms with Gasteiger partial charge >= 0.3 is 0 Å². The first-order valence-corrected chi connectivity index (χ1v) is 10.2. The highest BCUT2D eigenvalue weighted by atomic mass is 16.5. The zero-order chi connectivity index (χ0) is 24.2. The fourth-order valence-corrected chi connectivity index (χ4v) is 4.32. The Morgan fingerprint density at radius 3 is 2.30 bits per heavy atom. The second-order valence-electron chi connectivity index (χ2n) is 8.24. The van der Waals surface area contributed by atoms with Crippen molar-refractivity contribution in [1.82, 2.24) is 0 Å². The number of allylic oxidation sites excluding steroid dienone is 4. The maximum atomic E-state index is 13.7. The van der Waals surface area contributed by atoms with Crippen molar-refractivity contribution in [2.75, 3.05) is 12.4 Å². The lowest BCUT2D eigenvalue weighted by Gasteiger charge is -2.29. The normalized spacial score (nSPS) is 20.5. The molecular weight excluding hydrogens is 426 g/mol. The number of methoxy groups -OCH3 is 1. The summed E-state index contributed by atoms with van der Waals surface area (Å²) in [5.74, 6) is -1.89. The molecule has 0 radical (unpaired) electrons. The van der Waals surface area contributed by atoms with Gasteiger partial charge in [-0.05, 0) is 52.0 Å². The molecule has 1 aliphatic carbocycles. The number of ketones is 3. The van der Waals surface area contributed by atoms with Gasteiger partial charge in [-0.15, -0.1) is 0 Å². The molecule has 3 N–H and O–H groups in total. The summed E-state index contributed by atoms with van der Waals surface area (Å²) < 4.78 is 10.9. The summed E-state index contributed by atoms with van der Waals surface area (Å²) in [4.78, 5) is 38.9. The van der Waals surface area contributed by atoms with E-state index < -0.39 is 28.5 Å². The number of aromatic hydroxyl groups is 2. The number of phenolic OH excluding ortho intramolecular Hbond substituents is 2. The van der Waals surface area contributed by atoms with E-state index in [9.17, 15) is 24.6 Å². The molecule has 0 spiro atoms. The molecule has 0 amide bonds. The Hall–Kier alpha value is -4.07. The number of nitrogens with one attached hydrogen (secondary N) is 1. The first kappa shape index (κ1) is 22.1. The third kappa shape index (κ3) is 3.09. The Balaban J connectivity index is 1.87. The van der Waals surface area contributed by atoms with Crippen LogP contribution in [0.2, 0.25) is 0 Å². The first-order chi connectivity index (χ1) is 15.5. The molecule has 0 saturated carbocycles. The van der Waals surface area contributed by atoms with Gasteiger partial charge in [0.1, 0.15) is 39.7 Å². The fraction of sp³-hybridized carbons (Fsp3) is 0.240. The minimum absolute atomic E-state index is 0.00343. The number of hydrogen-bond acceptors (Lipinski definition) is 8. The largest absolute Gasteiger partial charge is 0.507 e. The van der Waals surface area contributed by atoms with Crippen LogP contribution in [0.3, 0.4) is 0 Å². The van der Waals surface area contributed by atoms with Crippen LogP contribution in [0.25, 0.3) is 0 Å². The Bertz CT molecular complexity index is 1300. The molecule has 170 valence electrons. The number of fused-ring (bicyclic) bond motifs is 3. The number of carbonyl (C=O) groups is 3. The Labute approximate surface area is 190 Å². The Morgan fingerprint density at radius 2 is 1.73 bits per heavy atom. The zero-order valence-corrected chi connectivity index (χ0v) is 18.8. The second-order valence-corrected chi connectivity index (χ2v) is 8.24. The number of carbonyl (C=O) groups excluding carboxylic acids is 3. The number of anilines is 1. The van der Waals surface area contributed by atoms with Gasteiger partial charge < -0.3 is 25.0 Å². The molecule has 2 aliphatic rings. The number of Topliss-reactive ketones (excluding diaryl/α,β-unsaturated/α-hetero) is 2. The van der Waals surface area contributed by atoms with E-state index in [1.807, 2.05) is 0 Å². The van der Waals surface area contributed by atoms with Gasteiger partial charge in [-0.1, -0.05) is 0 Å². The molecule has 1 aliphatic heterocycles. The molecule has 2 aromatic carbocycles. The van der Waals surface area contributed by atoms with Gasteiger partial charge in [0.15, 0.2) is 17.3 Å². The minimum atomic E-state index is -1.55. The zero-order valence-electron chi connectivity index (χ0n) is 18.8. The summed E-state index contributed by atoms with van der Waals surface area (Å²) in [6.45, 7) is 5.82. The van der Waals surface area contributed by atoms with E-state index in [0.29, 0.717) is 17.1 Å². The van der Waals surface area contributed by atoms with Crippen molar-refractivity contribution >= 4 is 23.0 Å². The smallest absolute Gasteiger partial charge is 0.194 e. The Morgan fingerprint density at radius 1 is 1.09 bits per heavy atom. The minimum Gasteiger partial charge on any atom is -0.507 e. The molecule has 1 heterocycles. The molecule has 0 aromatic heterocycles. The van der Waals surface area contributed by atoms with E-state index in [2.05, 4.69) is 5.32 Å². The SMILES string of the molecule is COc1ccc(NC(C)=C2C(=O)C=C3Oc4c(C(C)=O)c(O)c(C)c(O)c4C3(C)C2=O)cc1. The molecule has 4 rings (SSSR count). The summed E-state index contributed by atoms with van der Waals surface area (Å²) >= 11 is 0. The van der Waals surface area contributed by atoms with Crippen molar-refractivity contribution in [1.29, 1.82) is 0 Å². The van der Waals surface area contributed by atoms with Crippen LogP contribution in [0.15, 0.2) is 47.4 Å². The van der Waals surface area contributed by atoms with E-state index in [1.165, 1.54) is 26.8 Å². The van der Waals surface area contributed by atoms with Crippen LogP contribution >= 0.6 is 0 Å². The standard InChI is InChI=1S/C25H23NO7/c1-11-21(29)19(13(3)27)23-20(22(11)30)25(4)17(33-23)10-16(28)18(24(25)31)12(2)26-14-6-8-15(32-5)9-7-14/h6-10,26,29-30H,1-5H3. The third-order valence-electron chi connectivity index (χ3n) is 6.18. The molecule has 0 bridgehead atoms. The summed E-state index contributed by atoms with van der Waals surface area (Å²) in [5, 5.41) is 24.3. The number of ether oxygens (including phenoxy) is 2. The lowest BCUT2D eigenvalue weighted by molar-refractivity contribution is -0.123. The molecule has 1 unspecified atom stereocenters. The molecule has 0 saturated heterocycles. The van der Waals surface area contributed by atoms with Gasteiger partial charge in [0.05, 0.1) is 18.2 Å². The van der Waals surface area contributed by atoms with E-state index in [4.69, 9.17) is 9.47 Å². The molecule has 8 heteroatoms. The van der Waals surface area contributed by atoms with Crippen LogP contribution in [-0.2, 0) is 15.0 Å². The highest BCUT2D eigenvalue weighted by Crippen LogP contribution is 2.57. The lowest BCUT2D eigenvalue weighted by Crippen LogP contribution is -2.40. The molecule has 1 atom stereocenters. The second kappa shape index (κ2) is 7.51. The number of rotatable bonds is 4. The van der Waals surface area contributed by atoms with Gasteiger partial charge in [-0.25, -0.2) is 0 Å². The van der Waals surface area contributed by atoms with Crippen molar-refractivity contribution in [2.45, 2.75) is 33.1 Å². The molecule has 0 fully saturated rings. The van der Waals surface area contributed by atoms with Crippen LogP contribution < -0.4 is 14.8 Å². The predicted molar refractivity (Wildman–Crippen MR) is 120 cm³/mol. The van der Waals surface area contributed by atoms with Gasteiger partial charge in [-0.3, -0.25) is 14.4 Å². The molecule has 33 heavy (non-hydrogen) atoms. The summed E-state index contributed by atoms with van der Waals surface area (Å²) in [6, 6.07) is 6.97. The summed E-state index contributed by atoms with van der Waals surface area (Å²) in [6.07, 6.45) is 1.19. The highest BCUT2D eigenvalue weighted by molar-refractivity contribution is 6.31. The van der Waals surface area contributed by atoms with E-state index >= 15 is 0 Å². The molecule has 8 nitrogen and oxygen atoms in total. The number of hydrogen-bond donors (Lipinski definition) is 3. The van der Waals surface area contributed by atoms with Crippen molar-refractivity contribution < 1.29 is 34.1 Å².